The van der Waals surface area contributed by atoms with Crippen molar-refractivity contribution in [1.82, 2.24) is 29.6 Å². The number of hydrogen-bond donors (Lipinski definition) is 2. The van der Waals surface area contributed by atoms with Crippen molar-refractivity contribution in [2.24, 2.45) is 0 Å². The fourth-order valence-electron chi connectivity index (χ4n) is 4.56. The molecule has 1 aliphatic rings. The lowest BCUT2D eigenvalue weighted by atomic mass is 9.91. The molecule has 3 aromatic heterocycles. The van der Waals surface area contributed by atoms with E-state index in [9.17, 15) is 4.79 Å². The highest BCUT2D eigenvalue weighted by atomic mass is 16.1. The molecule has 0 aliphatic carbocycles. The molecule has 4 aromatic rings. The highest BCUT2D eigenvalue weighted by Crippen LogP contribution is 2.28. The van der Waals surface area contributed by atoms with Crippen LogP contribution in [0, 0.1) is 0 Å². The van der Waals surface area contributed by atoms with Crippen LogP contribution < -0.4 is 16.2 Å². The van der Waals surface area contributed by atoms with E-state index in [1.165, 1.54) is 11.1 Å². The van der Waals surface area contributed by atoms with Crippen molar-refractivity contribution >= 4 is 22.7 Å². The maximum Gasteiger partial charge on any atom is 0.278 e. The van der Waals surface area contributed by atoms with E-state index in [1.807, 2.05) is 23.7 Å². The molecule has 8 nitrogen and oxygen atoms in total. The van der Waals surface area contributed by atoms with Crippen molar-refractivity contribution in [2.45, 2.75) is 59.0 Å². The number of nitrogens with zero attached hydrogens (tertiary/aromatic N) is 5. The summed E-state index contributed by atoms with van der Waals surface area (Å²) < 4.78 is 3.57. The molecule has 1 aliphatic heterocycles. The van der Waals surface area contributed by atoms with Crippen molar-refractivity contribution in [2.75, 3.05) is 11.9 Å². The van der Waals surface area contributed by atoms with E-state index >= 15 is 0 Å². The zero-order chi connectivity index (χ0) is 24.0. The third-order valence-corrected chi connectivity index (χ3v) is 6.44. The summed E-state index contributed by atoms with van der Waals surface area (Å²) in [6.07, 6.45) is 4.43. The summed E-state index contributed by atoms with van der Waals surface area (Å²) in [5, 5.41) is 7.34. The SMILES string of the molecule is CCn1c(=O)c2cnc(Nc3ccc4c(c3)C(C)NCC4)nc2n1-c1ccnc(C(C)(C)C)c1. The van der Waals surface area contributed by atoms with Crippen molar-refractivity contribution in [3.63, 3.8) is 0 Å². The van der Waals surface area contributed by atoms with Crippen LogP contribution in [0.15, 0.2) is 47.5 Å². The zero-order valence-electron chi connectivity index (χ0n) is 20.4. The van der Waals surface area contributed by atoms with Crippen LogP contribution in [-0.4, -0.2) is 30.9 Å². The van der Waals surface area contributed by atoms with Gasteiger partial charge >= 0.3 is 0 Å². The number of benzene rings is 1. The zero-order valence-corrected chi connectivity index (χ0v) is 20.4. The Kier molecular flexibility index (Phi) is 5.48. The number of hydrogen-bond acceptors (Lipinski definition) is 6. The van der Waals surface area contributed by atoms with Gasteiger partial charge in [-0.15, -0.1) is 0 Å². The number of rotatable bonds is 4. The number of fused-ring (bicyclic) bond motifs is 2. The van der Waals surface area contributed by atoms with Gasteiger partial charge in [0.05, 0.1) is 5.69 Å². The van der Waals surface area contributed by atoms with Gasteiger partial charge in [0.25, 0.3) is 5.56 Å². The molecule has 1 atom stereocenters. The highest BCUT2D eigenvalue weighted by molar-refractivity contribution is 5.77. The monoisotopic (exact) mass is 457 g/mol. The van der Waals surface area contributed by atoms with Crippen molar-refractivity contribution in [1.29, 1.82) is 0 Å². The van der Waals surface area contributed by atoms with Gasteiger partial charge in [-0.25, -0.2) is 14.3 Å². The molecule has 2 N–H and O–H groups in total. The van der Waals surface area contributed by atoms with E-state index in [0.717, 1.165) is 30.0 Å². The fourth-order valence-corrected chi connectivity index (χ4v) is 4.56. The molecule has 0 fully saturated rings. The summed E-state index contributed by atoms with van der Waals surface area (Å²) in [5.41, 5.74) is 5.74. The summed E-state index contributed by atoms with van der Waals surface area (Å²) in [4.78, 5) is 26.9. The van der Waals surface area contributed by atoms with Gasteiger partial charge in [0.1, 0.15) is 5.39 Å². The van der Waals surface area contributed by atoms with Crippen molar-refractivity contribution in [3.8, 4) is 5.69 Å². The van der Waals surface area contributed by atoms with E-state index in [4.69, 9.17) is 4.98 Å². The summed E-state index contributed by atoms with van der Waals surface area (Å²) in [5.74, 6) is 0.455. The van der Waals surface area contributed by atoms with E-state index in [0.29, 0.717) is 29.6 Å². The Morgan fingerprint density at radius 3 is 2.76 bits per heavy atom. The molecule has 0 amide bonds. The minimum Gasteiger partial charge on any atom is -0.324 e. The van der Waals surface area contributed by atoms with Gasteiger partial charge in [-0.3, -0.25) is 9.78 Å². The molecule has 0 radical (unpaired) electrons. The second-order valence-electron chi connectivity index (χ2n) is 9.88. The smallest absolute Gasteiger partial charge is 0.278 e. The Morgan fingerprint density at radius 1 is 1.18 bits per heavy atom. The molecule has 1 unspecified atom stereocenters. The Hall–Kier alpha value is -3.52. The van der Waals surface area contributed by atoms with Gasteiger partial charge in [-0.1, -0.05) is 26.8 Å². The Bertz CT molecular complexity index is 1430. The Labute approximate surface area is 199 Å². The molecule has 34 heavy (non-hydrogen) atoms. The van der Waals surface area contributed by atoms with Crippen LogP contribution in [-0.2, 0) is 18.4 Å². The Morgan fingerprint density at radius 2 is 2.00 bits per heavy atom. The third kappa shape index (κ3) is 3.88. The summed E-state index contributed by atoms with van der Waals surface area (Å²) in [6, 6.07) is 10.6. The quantitative estimate of drug-likeness (QED) is 0.476. The minimum absolute atomic E-state index is 0.105. The molecule has 8 heteroatoms. The average Bonchev–Trinajstić information content (AvgIpc) is 3.10. The molecule has 0 saturated carbocycles. The summed E-state index contributed by atoms with van der Waals surface area (Å²) in [7, 11) is 0. The van der Waals surface area contributed by atoms with Crippen LogP contribution in [0.25, 0.3) is 16.7 Å². The van der Waals surface area contributed by atoms with E-state index < -0.39 is 0 Å². The molecule has 0 spiro atoms. The second-order valence-corrected chi connectivity index (χ2v) is 9.88. The maximum absolute atomic E-state index is 13.1. The van der Waals surface area contributed by atoms with E-state index in [-0.39, 0.29) is 11.0 Å². The number of anilines is 2. The minimum atomic E-state index is -0.115. The van der Waals surface area contributed by atoms with Gasteiger partial charge in [0.2, 0.25) is 5.95 Å². The number of aromatic nitrogens is 5. The largest absolute Gasteiger partial charge is 0.324 e. The van der Waals surface area contributed by atoms with Gasteiger partial charge in [-0.2, -0.15) is 4.98 Å². The lowest BCUT2D eigenvalue weighted by Gasteiger charge is -2.24. The highest BCUT2D eigenvalue weighted by Gasteiger charge is 2.21. The van der Waals surface area contributed by atoms with Crippen molar-refractivity contribution < 1.29 is 0 Å². The fraction of sp³-hybridized carbons (Fsp3) is 0.385. The first-order chi connectivity index (χ1) is 16.3. The van der Waals surface area contributed by atoms with Gasteiger partial charge in [0.15, 0.2) is 5.65 Å². The van der Waals surface area contributed by atoms with Crippen LogP contribution in [0.2, 0.25) is 0 Å². The molecular weight excluding hydrogens is 426 g/mol. The molecule has 1 aromatic carbocycles. The van der Waals surface area contributed by atoms with Crippen LogP contribution in [0.5, 0.6) is 0 Å². The standard InChI is InChI=1S/C26H31N7O/c1-6-32-24(34)21-15-29-25(30-18-8-7-17-9-11-27-16(2)20(17)13-18)31-23(21)33(32)19-10-12-28-22(14-19)26(3,4)5/h7-8,10,12-16,27H,6,9,11H2,1-5H3,(H,29,30,31). The van der Waals surface area contributed by atoms with Crippen molar-refractivity contribution in [3.05, 3.63) is 69.9 Å². The number of pyridine rings is 1. The molecule has 0 saturated heterocycles. The molecule has 0 bridgehead atoms. The van der Waals surface area contributed by atoms with Crippen LogP contribution in [0.3, 0.4) is 0 Å². The van der Waals surface area contributed by atoms with Gasteiger partial charge in [0, 0.05) is 41.8 Å². The first-order valence-electron chi connectivity index (χ1n) is 11.8. The average molecular weight is 458 g/mol. The number of nitrogens with one attached hydrogen (secondary N) is 2. The molecular formula is C26H31N7O. The van der Waals surface area contributed by atoms with Crippen LogP contribution in [0.1, 0.15) is 57.5 Å². The topological polar surface area (TPSA) is 89.7 Å². The normalized spacial score (nSPS) is 16.0. The van der Waals surface area contributed by atoms with Crippen LogP contribution >= 0.6 is 0 Å². The first kappa shape index (κ1) is 22.3. The van der Waals surface area contributed by atoms with E-state index in [2.05, 4.69) is 66.5 Å². The first-order valence-corrected chi connectivity index (χ1v) is 11.8. The predicted molar refractivity (Wildman–Crippen MR) is 135 cm³/mol. The maximum atomic E-state index is 13.1. The summed E-state index contributed by atoms with van der Waals surface area (Å²) >= 11 is 0. The molecule has 176 valence electrons. The van der Waals surface area contributed by atoms with Gasteiger partial charge < -0.3 is 10.6 Å². The Balaban J connectivity index is 1.60. The lowest BCUT2D eigenvalue weighted by Crippen LogP contribution is -2.27. The van der Waals surface area contributed by atoms with E-state index in [1.54, 1.807) is 17.1 Å². The second kappa shape index (κ2) is 8.36. The van der Waals surface area contributed by atoms with Gasteiger partial charge in [-0.05, 0) is 62.2 Å². The predicted octanol–water partition coefficient (Wildman–Crippen LogP) is 4.24. The third-order valence-electron chi connectivity index (χ3n) is 6.44. The molecule has 4 heterocycles. The molecule has 5 rings (SSSR count). The summed E-state index contributed by atoms with van der Waals surface area (Å²) in [6.45, 7) is 12.0. The lowest BCUT2D eigenvalue weighted by molar-refractivity contribution is 0.541. The van der Waals surface area contributed by atoms with Crippen LogP contribution in [0.4, 0.5) is 11.6 Å².